The molecule has 0 fully saturated rings. The number of carbonyl (C=O) groups excluding carboxylic acids is 2. The fraction of sp³-hybridized carbons (Fsp3) is 0.0870. The van der Waals surface area contributed by atoms with Crippen molar-refractivity contribution in [3.8, 4) is 11.3 Å². The molecule has 0 atom stereocenters. The lowest BCUT2D eigenvalue weighted by Gasteiger charge is -2.00. The normalized spacial score (nSPS) is 11.2. The SMILES string of the molecule is CCOC(=O)c1ccc2nc(NC(=O)/C=C/c3ccc(-c4ccc(F)cc4)o3)sc2c1. The number of hydrogen-bond donors (Lipinski definition) is 1. The first-order valence-corrected chi connectivity index (χ1v) is 10.3. The van der Waals surface area contributed by atoms with Crippen molar-refractivity contribution in [3.05, 3.63) is 77.8 Å². The van der Waals surface area contributed by atoms with E-state index in [0.717, 1.165) is 10.3 Å². The molecule has 2 aromatic heterocycles. The van der Waals surface area contributed by atoms with E-state index in [2.05, 4.69) is 10.3 Å². The van der Waals surface area contributed by atoms with Crippen molar-refractivity contribution < 1.29 is 23.1 Å². The summed E-state index contributed by atoms with van der Waals surface area (Å²) in [5.74, 6) is -0.0327. The Hall–Kier alpha value is -3.78. The van der Waals surface area contributed by atoms with Crippen LogP contribution in [0.25, 0.3) is 27.6 Å². The van der Waals surface area contributed by atoms with Crippen LogP contribution in [0.2, 0.25) is 0 Å². The van der Waals surface area contributed by atoms with Gasteiger partial charge in [0.25, 0.3) is 0 Å². The molecule has 1 amide bonds. The van der Waals surface area contributed by atoms with Crippen LogP contribution in [0.3, 0.4) is 0 Å². The smallest absolute Gasteiger partial charge is 0.338 e. The number of furan rings is 1. The standard InChI is InChI=1S/C23H17FN2O4S/c1-2-29-22(28)15-5-10-18-20(13-15)31-23(25-18)26-21(27)12-9-17-8-11-19(30-17)14-3-6-16(24)7-4-14/h3-13H,2H2,1H3,(H,25,26,27)/b12-9+. The molecule has 0 bridgehead atoms. The van der Waals surface area contributed by atoms with Crippen LogP contribution in [0.5, 0.6) is 0 Å². The highest BCUT2D eigenvalue weighted by atomic mass is 32.1. The Bertz CT molecular complexity index is 1270. The van der Waals surface area contributed by atoms with E-state index in [1.807, 2.05) is 0 Å². The highest BCUT2D eigenvalue weighted by molar-refractivity contribution is 7.22. The molecule has 0 aliphatic heterocycles. The Kier molecular flexibility index (Phi) is 5.90. The third-order valence-electron chi connectivity index (χ3n) is 4.28. The molecule has 0 radical (unpaired) electrons. The Morgan fingerprint density at radius 1 is 1.16 bits per heavy atom. The predicted molar refractivity (Wildman–Crippen MR) is 117 cm³/mol. The summed E-state index contributed by atoms with van der Waals surface area (Å²) in [5, 5.41) is 3.12. The number of nitrogens with one attached hydrogen (secondary N) is 1. The maximum atomic E-state index is 13.0. The zero-order valence-corrected chi connectivity index (χ0v) is 17.2. The fourth-order valence-electron chi connectivity index (χ4n) is 2.84. The van der Waals surface area contributed by atoms with Gasteiger partial charge in [-0.1, -0.05) is 11.3 Å². The summed E-state index contributed by atoms with van der Waals surface area (Å²) in [6.07, 6.45) is 2.87. The number of ether oxygens (including phenoxy) is 1. The maximum Gasteiger partial charge on any atom is 0.338 e. The van der Waals surface area contributed by atoms with Crippen molar-refractivity contribution in [1.29, 1.82) is 0 Å². The summed E-state index contributed by atoms with van der Waals surface area (Å²) in [5.41, 5.74) is 1.85. The number of esters is 1. The van der Waals surface area contributed by atoms with E-state index in [9.17, 15) is 14.0 Å². The molecule has 1 N–H and O–H groups in total. The Morgan fingerprint density at radius 3 is 2.74 bits per heavy atom. The fourth-order valence-corrected chi connectivity index (χ4v) is 3.74. The van der Waals surface area contributed by atoms with Crippen LogP contribution in [-0.2, 0) is 9.53 Å². The van der Waals surface area contributed by atoms with Gasteiger partial charge < -0.3 is 9.15 Å². The van der Waals surface area contributed by atoms with Crippen molar-refractivity contribution in [2.24, 2.45) is 0 Å². The van der Waals surface area contributed by atoms with E-state index < -0.39 is 5.97 Å². The second-order valence-electron chi connectivity index (χ2n) is 6.45. The van der Waals surface area contributed by atoms with E-state index in [4.69, 9.17) is 9.15 Å². The number of amides is 1. The quantitative estimate of drug-likeness (QED) is 0.318. The molecular formula is C23H17FN2O4S. The summed E-state index contributed by atoms with van der Waals surface area (Å²) in [6, 6.07) is 14.5. The molecule has 0 saturated carbocycles. The molecule has 0 unspecified atom stereocenters. The molecular weight excluding hydrogens is 419 g/mol. The van der Waals surface area contributed by atoms with Crippen molar-refractivity contribution in [1.82, 2.24) is 4.98 Å². The van der Waals surface area contributed by atoms with Crippen LogP contribution in [0.15, 0.2) is 65.1 Å². The minimum atomic E-state index is -0.398. The van der Waals surface area contributed by atoms with E-state index in [1.54, 1.807) is 49.4 Å². The van der Waals surface area contributed by atoms with Crippen molar-refractivity contribution in [2.75, 3.05) is 11.9 Å². The number of hydrogen-bond acceptors (Lipinski definition) is 6. The van der Waals surface area contributed by atoms with Gasteiger partial charge in [0.15, 0.2) is 5.13 Å². The van der Waals surface area contributed by atoms with E-state index in [0.29, 0.717) is 34.3 Å². The lowest BCUT2D eigenvalue weighted by atomic mass is 10.2. The predicted octanol–water partition coefficient (Wildman–Crippen LogP) is 5.52. The molecule has 0 spiro atoms. The molecule has 8 heteroatoms. The molecule has 0 aliphatic rings. The monoisotopic (exact) mass is 436 g/mol. The second-order valence-corrected chi connectivity index (χ2v) is 7.48. The largest absolute Gasteiger partial charge is 0.462 e. The van der Waals surface area contributed by atoms with Gasteiger partial charge in [0.1, 0.15) is 17.3 Å². The Morgan fingerprint density at radius 2 is 1.97 bits per heavy atom. The van der Waals surface area contributed by atoms with Crippen molar-refractivity contribution >= 4 is 44.6 Å². The summed E-state index contributed by atoms with van der Waals surface area (Å²) in [6.45, 7) is 2.05. The summed E-state index contributed by atoms with van der Waals surface area (Å²) >= 11 is 1.26. The highest BCUT2D eigenvalue weighted by Crippen LogP contribution is 2.27. The number of thiazole rings is 1. The van der Waals surface area contributed by atoms with Crippen LogP contribution in [0.4, 0.5) is 9.52 Å². The number of aromatic nitrogens is 1. The lowest BCUT2D eigenvalue weighted by Crippen LogP contribution is -2.07. The van der Waals surface area contributed by atoms with E-state index in [1.165, 1.54) is 35.6 Å². The molecule has 2 heterocycles. The summed E-state index contributed by atoms with van der Waals surface area (Å²) in [4.78, 5) is 28.5. The zero-order valence-electron chi connectivity index (χ0n) is 16.4. The number of benzene rings is 2. The van der Waals surface area contributed by atoms with Gasteiger partial charge in [0.05, 0.1) is 22.4 Å². The average molecular weight is 436 g/mol. The Balaban J connectivity index is 1.42. The van der Waals surface area contributed by atoms with Crippen LogP contribution in [0, 0.1) is 5.82 Å². The topological polar surface area (TPSA) is 81.4 Å². The van der Waals surface area contributed by atoms with Crippen molar-refractivity contribution in [3.63, 3.8) is 0 Å². The first kappa shape index (κ1) is 20.5. The number of rotatable bonds is 6. The molecule has 31 heavy (non-hydrogen) atoms. The third kappa shape index (κ3) is 4.87. The van der Waals surface area contributed by atoms with Crippen LogP contribution in [0.1, 0.15) is 23.0 Å². The molecule has 4 aromatic rings. The molecule has 0 aliphatic carbocycles. The minimum Gasteiger partial charge on any atom is -0.462 e. The van der Waals surface area contributed by atoms with Gasteiger partial charge >= 0.3 is 5.97 Å². The highest BCUT2D eigenvalue weighted by Gasteiger charge is 2.11. The first-order chi connectivity index (χ1) is 15.0. The number of fused-ring (bicyclic) bond motifs is 1. The van der Waals surface area contributed by atoms with Crippen LogP contribution < -0.4 is 5.32 Å². The van der Waals surface area contributed by atoms with Gasteiger partial charge in [-0.2, -0.15) is 0 Å². The molecule has 2 aromatic carbocycles. The van der Waals surface area contributed by atoms with Gasteiger partial charge in [-0.15, -0.1) is 0 Å². The second kappa shape index (κ2) is 8.93. The average Bonchev–Trinajstić information content (AvgIpc) is 3.39. The minimum absolute atomic E-state index is 0.300. The number of halogens is 1. The van der Waals surface area contributed by atoms with E-state index in [-0.39, 0.29) is 11.7 Å². The lowest BCUT2D eigenvalue weighted by molar-refractivity contribution is -0.111. The molecule has 6 nitrogen and oxygen atoms in total. The van der Waals surface area contributed by atoms with Crippen LogP contribution >= 0.6 is 11.3 Å². The van der Waals surface area contributed by atoms with Crippen molar-refractivity contribution in [2.45, 2.75) is 6.92 Å². The van der Waals surface area contributed by atoms with Crippen LogP contribution in [-0.4, -0.2) is 23.5 Å². The zero-order chi connectivity index (χ0) is 21.8. The molecule has 0 saturated heterocycles. The number of anilines is 1. The van der Waals surface area contributed by atoms with Gasteiger partial charge in [-0.25, -0.2) is 14.2 Å². The van der Waals surface area contributed by atoms with Gasteiger partial charge in [-0.3, -0.25) is 10.1 Å². The summed E-state index contributed by atoms with van der Waals surface area (Å²) in [7, 11) is 0. The van der Waals surface area contributed by atoms with Gasteiger partial charge in [-0.05, 0) is 67.6 Å². The molecule has 156 valence electrons. The maximum absolute atomic E-state index is 13.0. The third-order valence-corrected chi connectivity index (χ3v) is 5.22. The van der Waals surface area contributed by atoms with Gasteiger partial charge in [0.2, 0.25) is 5.91 Å². The number of carbonyl (C=O) groups is 2. The van der Waals surface area contributed by atoms with E-state index >= 15 is 0 Å². The Labute approximate surface area is 181 Å². The van der Waals surface area contributed by atoms with Gasteiger partial charge in [0, 0.05) is 11.6 Å². The number of nitrogens with zero attached hydrogens (tertiary/aromatic N) is 1. The first-order valence-electron chi connectivity index (χ1n) is 9.44. The molecule has 4 rings (SSSR count). The summed E-state index contributed by atoms with van der Waals surface area (Å²) < 4.78 is 24.5.